The summed E-state index contributed by atoms with van der Waals surface area (Å²) in [7, 11) is 1.68. The Kier molecular flexibility index (Phi) is 3.84. The maximum atomic E-state index is 12.3. The lowest BCUT2D eigenvalue weighted by molar-refractivity contribution is 0.0706. The monoisotopic (exact) mass is 248 g/mol. The molecule has 4 nitrogen and oxygen atoms in total. The SMILES string of the molecule is CCN(CC1CCC1)C(=O)c1ccn(C)c(=O)c1. The number of aromatic nitrogens is 1. The van der Waals surface area contributed by atoms with Crippen LogP contribution in [0.3, 0.4) is 0 Å². The topological polar surface area (TPSA) is 42.3 Å². The van der Waals surface area contributed by atoms with Gasteiger partial charge in [0.15, 0.2) is 0 Å². The van der Waals surface area contributed by atoms with Gasteiger partial charge in [0.25, 0.3) is 11.5 Å². The van der Waals surface area contributed by atoms with E-state index < -0.39 is 0 Å². The maximum Gasteiger partial charge on any atom is 0.254 e. The van der Waals surface area contributed by atoms with E-state index in [1.807, 2.05) is 11.8 Å². The van der Waals surface area contributed by atoms with E-state index in [2.05, 4.69) is 0 Å². The molecule has 0 N–H and O–H groups in total. The number of hydrogen-bond acceptors (Lipinski definition) is 2. The summed E-state index contributed by atoms with van der Waals surface area (Å²) in [6.45, 7) is 3.51. The summed E-state index contributed by atoms with van der Waals surface area (Å²) in [5.74, 6) is 0.627. The van der Waals surface area contributed by atoms with E-state index >= 15 is 0 Å². The van der Waals surface area contributed by atoms with Crippen molar-refractivity contribution in [2.45, 2.75) is 26.2 Å². The zero-order chi connectivity index (χ0) is 13.1. The van der Waals surface area contributed by atoms with E-state index in [0.717, 1.165) is 6.54 Å². The summed E-state index contributed by atoms with van der Waals surface area (Å²) < 4.78 is 1.47. The van der Waals surface area contributed by atoms with Crippen molar-refractivity contribution in [3.8, 4) is 0 Å². The fourth-order valence-electron chi connectivity index (χ4n) is 2.21. The van der Waals surface area contributed by atoms with E-state index in [-0.39, 0.29) is 11.5 Å². The molecular formula is C14H20N2O2. The van der Waals surface area contributed by atoms with Gasteiger partial charge in [-0.1, -0.05) is 6.42 Å². The summed E-state index contributed by atoms with van der Waals surface area (Å²) in [4.78, 5) is 25.7. The van der Waals surface area contributed by atoms with Crippen molar-refractivity contribution in [3.05, 3.63) is 34.2 Å². The number of pyridine rings is 1. The van der Waals surface area contributed by atoms with Gasteiger partial charge in [-0.2, -0.15) is 0 Å². The van der Waals surface area contributed by atoms with Crippen LogP contribution in [0.15, 0.2) is 23.1 Å². The Balaban J connectivity index is 2.11. The van der Waals surface area contributed by atoms with Crippen LogP contribution in [0.4, 0.5) is 0 Å². The molecule has 1 aromatic heterocycles. The molecular weight excluding hydrogens is 228 g/mol. The lowest BCUT2D eigenvalue weighted by Crippen LogP contribution is -2.37. The molecule has 1 fully saturated rings. The van der Waals surface area contributed by atoms with Crippen molar-refractivity contribution in [2.24, 2.45) is 13.0 Å². The highest BCUT2D eigenvalue weighted by atomic mass is 16.2. The van der Waals surface area contributed by atoms with Crippen LogP contribution in [-0.2, 0) is 7.05 Å². The average Bonchev–Trinajstić information content (AvgIpc) is 2.31. The Bertz CT molecular complexity index is 489. The predicted octanol–water partition coefficient (Wildman–Crippen LogP) is 1.65. The van der Waals surface area contributed by atoms with Gasteiger partial charge < -0.3 is 9.47 Å². The molecule has 4 heteroatoms. The van der Waals surface area contributed by atoms with E-state index in [4.69, 9.17) is 0 Å². The molecule has 0 saturated heterocycles. The minimum Gasteiger partial charge on any atom is -0.339 e. The molecule has 1 heterocycles. The second-order valence-corrected chi connectivity index (χ2v) is 5.01. The molecule has 2 rings (SSSR count). The Morgan fingerprint density at radius 2 is 2.22 bits per heavy atom. The lowest BCUT2D eigenvalue weighted by atomic mass is 9.85. The molecule has 0 unspecified atom stereocenters. The first-order chi connectivity index (χ1) is 8.61. The first-order valence-electron chi connectivity index (χ1n) is 6.57. The summed E-state index contributed by atoms with van der Waals surface area (Å²) >= 11 is 0. The van der Waals surface area contributed by atoms with Crippen LogP contribution in [0.5, 0.6) is 0 Å². The maximum absolute atomic E-state index is 12.3. The Morgan fingerprint density at radius 3 is 2.72 bits per heavy atom. The minimum absolute atomic E-state index is 0.0258. The van der Waals surface area contributed by atoms with E-state index in [0.29, 0.717) is 18.0 Å². The van der Waals surface area contributed by atoms with Gasteiger partial charge in [0.1, 0.15) is 0 Å². The highest BCUT2D eigenvalue weighted by Crippen LogP contribution is 2.27. The van der Waals surface area contributed by atoms with Gasteiger partial charge in [-0.15, -0.1) is 0 Å². The number of rotatable bonds is 4. The van der Waals surface area contributed by atoms with Crippen LogP contribution < -0.4 is 5.56 Å². The molecule has 1 aromatic rings. The fourth-order valence-corrected chi connectivity index (χ4v) is 2.21. The summed E-state index contributed by atoms with van der Waals surface area (Å²) in [6, 6.07) is 3.14. The fraction of sp³-hybridized carbons (Fsp3) is 0.571. The van der Waals surface area contributed by atoms with Crippen LogP contribution in [0.25, 0.3) is 0 Å². The molecule has 1 saturated carbocycles. The Labute approximate surface area is 107 Å². The zero-order valence-corrected chi connectivity index (χ0v) is 11.1. The smallest absolute Gasteiger partial charge is 0.254 e. The lowest BCUT2D eigenvalue weighted by Gasteiger charge is -2.31. The Morgan fingerprint density at radius 1 is 1.50 bits per heavy atom. The van der Waals surface area contributed by atoms with Gasteiger partial charge in [0.05, 0.1) is 0 Å². The number of nitrogens with zero attached hydrogens (tertiary/aromatic N) is 2. The Hall–Kier alpha value is -1.58. The van der Waals surface area contributed by atoms with Gasteiger partial charge in [-0.05, 0) is 31.7 Å². The standard InChI is InChI=1S/C14H20N2O2/c1-3-16(10-11-5-4-6-11)14(18)12-7-8-15(2)13(17)9-12/h7-9,11H,3-6,10H2,1-2H3. The summed E-state index contributed by atoms with van der Waals surface area (Å²) in [5, 5.41) is 0. The number of hydrogen-bond donors (Lipinski definition) is 0. The van der Waals surface area contributed by atoms with Crippen molar-refractivity contribution in [1.82, 2.24) is 9.47 Å². The van der Waals surface area contributed by atoms with Crippen LogP contribution in [0.1, 0.15) is 36.5 Å². The second kappa shape index (κ2) is 5.38. The third-order valence-corrected chi connectivity index (χ3v) is 3.72. The molecule has 0 bridgehead atoms. The molecule has 0 aliphatic heterocycles. The minimum atomic E-state index is -0.138. The van der Waals surface area contributed by atoms with E-state index in [9.17, 15) is 9.59 Å². The normalized spacial score (nSPS) is 15.2. The number of carbonyl (C=O) groups is 1. The van der Waals surface area contributed by atoms with E-state index in [1.54, 1.807) is 19.3 Å². The first-order valence-corrected chi connectivity index (χ1v) is 6.57. The third kappa shape index (κ3) is 2.63. The van der Waals surface area contributed by atoms with Crippen LogP contribution in [0, 0.1) is 5.92 Å². The molecule has 1 aliphatic rings. The van der Waals surface area contributed by atoms with Gasteiger partial charge >= 0.3 is 0 Å². The van der Waals surface area contributed by atoms with Crippen LogP contribution in [0.2, 0.25) is 0 Å². The molecule has 0 atom stereocenters. The zero-order valence-electron chi connectivity index (χ0n) is 11.1. The molecule has 0 spiro atoms. The van der Waals surface area contributed by atoms with Gasteiger partial charge in [0.2, 0.25) is 0 Å². The van der Waals surface area contributed by atoms with Crippen molar-refractivity contribution in [3.63, 3.8) is 0 Å². The van der Waals surface area contributed by atoms with Crippen LogP contribution in [-0.4, -0.2) is 28.5 Å². The molecule has 1 amide bonds. The third-order valence-electron chi connectivity index (χ3n) is 3.72. The predicted molar refractivity (Wildman–Crippen MR) is 70.6 cm³/mol. The van der Waals surface area contributed by atoms with Gasteiger partial charge in [-0.25, -0.2) is 0 Å². The highest BCUT2D eigenvalue weighted by Gasteiger charge is 2.23. The molecule has 1 aliphatic carbocycles. The number of amides is 1. The van der Waals surface area contributed by atoms with E-state index in [1.165, 1.54) is 29.9 Å². The van der Waals surface area contributed by atoms with Crippen LogP contribution >= 0.6 is 0 Å². The summed E-state index contributed by atoms with van der Waals surface area (Å²) in [6.07, 6.45) is 5.37. The van der Waals surface area contributed by atoms with Crippen molar-refractivity contribution in [1.29, 1.82) is 0 Å². The average molecular weight is 248 g/mol. The van der Waals surface area contributed by atoms with Crippen molar-refractivity contribution < 1.29 is 4.79 Å². The highest BCUT2D eigenvalue weighted by molar-refractivity contribution is 5.94. The number of aryl methyl sites for hydroxylation is 1. The van der Waals surface area contributed by atoms with Gasteiger partial charge in [-0.3, -0.25) is 9.59 Å². The molecule has 18 heavy (non-hydrogen) atoms. The quantitative estimate of drug-likeness (QED) is 0.813. The van der Waals surface area contributed by atoms with Crippen molar-refractivity contribution in [2.75, 3.05) is 13.1 Å². The molecule has 98 valence electrons. The summed E-state index contributed by atoms with van der Waals surface area (Å²) in [5.41, 5.74) is 0.361. The molecule has 0 radical (unpaired) electrons. The largest absolute Gasteiger partial charge is 0.339 e. The van der Waals surface area contributed by atoms with Gasteiger partial charge in [0, 0.05) is 38.0 Å². The second-order valence-electron chi connectivity index (χ2n) is 5.01. The van der Waals surface area contributed by atoms with Crippen molar-refractivity contribution >= 4 is 5.91 Å². The molecule has 0 aromatic carbocycles. The number of carbonyl (C=O) groups excluding carboxylic acids is 1. The first kappa shape index (κ1) is 12.9.